The summed E-state index contributed by atoms with van der Waals surface area (Å²) in [5.41, 5.74) is 7.60. The minimum atomic E-state index is -1.28. The van der Waals surface area contributed by atoms with Crippen LogP contribution in [0.3, 0.4) is 0 Å². The van der Waals surface area contributed by atoms with Crippen LogP contribution in [0.2, 0.25) is 5.02 Å². The molecule has 2 unspecified atom stereocenters. The molecule has 1 aromatic heterocycles. The predicted molar refractivity (Wildman–Crippen MR) is 114 cm³/mol. The molecule has 0 aliphatic carbocycles. The Morgan fingerprint density at radius 1 is 1.37 bits per heavy atom. The number of anilines is 1. The molecule has 2 heterocycles. The van der Waals surface area contributed by atoms with Crippen molar-refractivity contribution in [1.29, 1.82) is 0 Å². The lowest BCUT2D eigenvalue weighted by atomic mass is 10.0. The summed E-state index contributed by atoms with van der Waals surface area (Å²) in [7, 11) is 0. The van der Waals surface area contributed by atoms with Gasteiger partial charge in [-0.2, -0.15) is 0 Å². The first-order chi connectivity index (χ1) is 12.8. The van der Waals surface area contributed by atoms with E-state index >= 15 is 0 Å². The maximum absolute atomic E-state index is 10.3. The Bertz CT molecular complexity index is 950. The second kappa shape index (κ2) is 7.89. The zero-order valence-electron chi connectivity index (χ0n) is 15.2. The number of nitrogens with one attached hydrogen (secondary N) is 1. The molecule has 0 radical (unpaired) electrons. The number of aliphatic hydroxyl groups is 1. The van der Waals surface area contributed by atoms with Crippen molar-refractivity contribution in [2.24, 2.45) is 10.7 Å². The Morgan fingerprint density at radius 2 is 2.15 bits per heavy atom. The number of nitrogens with two attached hydrogens (primary N) is 1. The number of nitrogens with zero attached hydrogens (tertiary/aromatic N) is 2. The van der Waals surface area contributed by atoms with E-state index in [1.165, 1.54) is 0 Å². The second-order valence-corrected chi connectivity index (χ2v) is 7.63. The summed E-state index contributed by atoms with van der Waals surface area (Å²) in [5, 5.41) is 14.9. The fourth-order valence-electron chi connectivity index (χ4n) is 2.80. The van der Waals surface area contributed by atoms with Crippen LogP contribution in [0.1, 0.15) is 32.3 Å². The van der Waals surface area contributed by atoms with Gasteiger partial charge in [-0.25, -0.2) is 4.99 Å². The Morgan fingerprint density at radius 3 is 2.89 bits per heavy atom. The molecule has 1 aliphatic heterocycles. The largest absolute Gasteiger partial charge is 0.384 e. The summed E-state index contributed by atoms with van der Waals surface area (Å²) in [6.45, 7) is 3.67. The molecule has 5 nitrogen and oxygen atoms in total. The molecule has 0 fully saturated rings. The summed E-state index contributed by atoms with van der Waals surface area (Å²) >= 11 is 12.8. The highest BCUT2D eigenvalue weighted by Crippen LogP contribution is 2.33. The summed E-state index contributed by atoms with van der Waals surface area (Å²) in [6.07, 6.45) is 8.47. The lowest BCUT2D eigenvalue weighted by Gasteiger charge is -2.16. The van der Waals surface area contributed by atoms with Gasteiger partial charge in [0.05, 0.1) is 16.2 Å². The van der Waals surface area contributed by atoms with Crippen molar-refractivity contribution in [3.63, 3.8) is 0 Å². The van der Waals surface area contributed by atoms with Crippen molar-refractivity contribution < 1.29 is 5.11 Å². The SMILES string of the molecule is CCCC(Cl)Nc1c(Cl)cnc2ccc(C3=CN=C(N)C(C)(O)C=C3)cc12. The van der Waals surface area contributed by atoms with Crippen molar-refractivity contribution in [3.8, 4) is 0 Å². The average molecular weight is 405 g/mol. The topological polar surface area (TPSA) is 83.5 Å². The normalized spacial score (nSPS) is 20.8. The minimum absolute atomic E-state index is 0.145. The highest BCUT2D eigenvalue weighted by atomic mass is 35.5. The third-order valence-electron chi connectivity index (χ3n) is 4.45. The van der Waals surface area contributed by atoms with Crippen LogP contribution in [0.25, 0.3) is 16.5 Å². The van der Waals surface area contributed by atoms with Crippen LogP contribution >= 0.6 is 23.2 Å². The van der Waals surface area contributed by atoms with Crippen molar-refractivity contribution >= 4 is 51.2 Å². The van der Waals surface area contributed by atoms with Gasteiger partial charge in [-0.1, -0.05) is 48.7 Å². The number of alkyl halides is 1. The fourth-order valence-corrected chi connectivity index (χ4v) is 3.33. The average Bonchev–Trinajstić information content (AvgIpc) is 2.76. The van der Waals surface area contributed by atoms with Crippen molar-refractivity contribution in [2.45, 2.75) is 37.8 Å². The molecular weight excluding hydrogens is 383 g/mol. The van der Waals surface area contributed by atoms with Crippen molar-refractivity contribution in [2.75, 3.05) is 5.32 Å². The Balaban J connectivity index is 2.07. The molecule has 0 bridgehead atoms. The van der Waals surface area contributed by atoms with Crippen LogP contribution in [0, 0.1) is 0 Å². The van der Waals surface area contributed by atoms with E-state index in [1.807, 2.05) is 18.2 Å². The van der Waals surface area contributed by atoms with Crippen LogP contribution < -0.4 is 11.1 Å². The van der Waals surface area contributed by atoms with Gasteiger partial charge >= 0.3 is 0 Å². The Hall–Kier alpha value is -2.08. The predicted octanol–water partition coefficient (Wildman–Crippen LogP) is 4.68. The highest BCUT2D eigenvalue weighted by Gasteiger charge is 2.23. The highest BCUT2D eigenvalue weighted by molar-refractivity contribution is 6.35. The standard InChI is InChI=1S/C20H22Cl2N4O/c1-3-4-17(22)26-18-14-9-12(5-6-16(14)24-11-15(18)21)13-7-8-20(2,27)19(23)25-10-13/h5-11,17,27H,3-4H2,1-2H3,(H2,23,25)(H,24,26). The maximum Gasteiger partial charge on any atom is 0.137 e. The van der Waals surface area contributed by atoms with E-state index in [2.05, 4.69) is 22.2 Å². The smallest absolute Gasteiger partial charge is 0.137 e. The second-order valence-electron chi connectivity index (χ2n) is 6.69. The monoisotopic (exact) mass is 404 g/mol. The number of fused-ring (bicyclic) bond motifs is 1. The number of allylic oxidation sites excluding steroid dienone is 2. The van der Waals surface area contributed by atoms with E-state index in [4.69, 9.17) is 28.9 Å². The third-order valence-corrected chi connectivity index (χ3v) is 5.06. The third kappa shape index (κ3) is 4.26. The summed E-state index contributed by atoms with van der Waals surface area (Å²) < 4.78 is 0. The lowest BCUT2D eigenvalue weighted by Crippen LogP contribution is -2.38. The Kier molecular flexibility index (Phi) is 5.75. The van der Waals surface area contributed by atoms with Gasteiger partial charge in [-0.15, -0.1) is 0 Å². The molecule has 142 valence electrons. The maximum atomic E-state index is 10.3. The first-order valence-electron chi connectivity index (χ1n) is 8.76. The van der Waals surface area contributed by atoms with Gasteiger partial charge in [0.25, 0.3) is 0 Å². The van der Waals surface area contributed by atoms with E-state index in [9.17, 15) is 5.11 Å². The molecule has 0 spiro atoms. The van der Waals surface area contributed by atoms with Crippen LogP contribution in [-0.2, 0) is 0 Å². The molecule has 27 heavy (non-hydrogen) atoms. The number of rotatable bonds is 5. The van der Waals surface area contributed by atoms with Gasteiger partial charge in [-0.05, 0) is 42.7 Å². The summed E-state index contributed by atoms with van der Waals surface area (Å²) in [4.78, 5) is 8.56. The summed E-state index contributed by atoms with van der Waals surface area (Å²) in [6, 6.07) is 5.84. The lowest BCUT2D eigenvalue weighted by molar-refractivity contribution is 0.183. The van der Waals surface area contributed by atoms with Crippen LogP contribution in [0.5, 0.6) is 0 Å². The number of hydrogen-bond donors (Lipinski definition) is 3. The zero-order chi connectivity index (χ0) is 19.6. The number of amidine groups is 1. The molecular formula is C20H22Cl2N4O. The van der Waals surface area contributed by atoms with E-state index in [1.54, 1.807) is 31.5 Å². The zero-order valence-corrected chi connectivity index (χ0v) is 16.7. The summed E-state index contributed by atoms with van der Waals surface area (Å²) in [5.74, 6) is 0.145. The number of aliphatic imine (C=N–C) groups is 1. The molecule has 4 N–H and O–H groups in total. The first-order valence-corrected chi connectivity index (χ1v) is 9.58. The number of benzene rings is 1. The molecule has 0 saturated heterocycles. The van der Waals surface area contributed by atoms with Crippen LogP contribution in [0.4, 0.5) is 5.69 Å². The van der Waals surface area contributed by atoms with Gasteiger partial charge in [0, 0.05) is 17.8 Å². The van der Waals surface area contributed by atoms with Crippen LogP contribution in [-0.4, -0.2) is 27.0 Å². The number of pyridine rings is 1. The molecule has 7 heteroatoms. The van der Waals surface area contributed by atoms with E-state index in [0.717, 1.165) is 40.6 Å². The van der Waals surface area contributed by atoms with Gasteiger partial charge in [-0.3, -0.25) is 4.98 Å². The molecule has 1 aliphatic rings. The Labute approximate surface area is 168 Å². The van der Waals surface area contributed by atoms with E-state index in [-0.39, 0.29) is 11.3 Å². The molecule has 0 saturated carbocycles. The molecule has 1 aromatic carbocycles. The van der Waals surface area contributed by atoms with E-state index in [0.29, 0.717) is 5.02 Å². The molecule has 0 amide bonds. The van der Waals surface area contributed by atoms with Crippen LogP contribution in [0.15, 0.2) is 47.7 Å². The molecule has 2 aromatic rings. The number of halogens is 2. The van der Waals surface area contributed by atoms with Gasteiger partial charge in [0.1, 0.15) is 16.9 Å². The molecule has 2 atom stereocenters. The fraction of sp³-hybridized carbons (Fsp3) is 0.300. The quantitative estimate of drug-likeness (QED) is 0.498. The minimum Gasteiger partial charge on any atom is -0.384 e. The van der Waals surface area contributed by atoms with Crippen molar-refractivity contribution in [1.82, 2.24) is 4.98 Å². The van der Waals surface area contributed by atoms with Crippen molar-refractivity contribution in [3.05, 3.63) is 53.3 Å². The first kappa shape index (κ1) is 19.7. The van der Waals surface area contributed by atoms with Gasteiger partial charge < -0.3 is 16.2 Å². The van der Waals surface area contributed by atoms with Gasteiger partial charge in [0.15, 0.2) is 0 Å². The molecule has 3 rings (SSSR count). The van der Waals surface area contributed by atoms with E-state index < -0.39 is 5.60 Å². The number of aromatic nitrogens is 1. The number of hydrogen-bond acceptors (Lipinski definition) is 5. The van der Waals surface area contributed by atoms with Gasteiger partial charge in [0.2, 0.25) is 0 Å².